The summed E-state index contributed by atoms with van der Waals surface area (Å²) in [5.41, 5.74) is 1.07. The van der Waals surface area contributed by atoms with Crippen LogP contribution in [0.4, 0.5) is 8.78 Å². The van der Waals surface area contributed by atoms with Crippen molar-refractivity contribution in [2.75, 3.05) is 13.1 Å². The normalized spacial score (nSPS) is 18.3. The Hall–Kier alpha value is -2.97. The van der Waals surface area contributed by atoms with Crippen molar-refractivity contribution in [1.29, 1.82) is 0 Å². The van der Waals surface area contributed by atoms with Crippen LogP contribution in [0.5, 0.6) is 0 Å². The van der Waals surface area contributed by atoms with Gasteiger partial charge in [0, 0.05) is 43.5 Å². The van der Waals surface area contributed by atoms with Gasteiger partial charge < -0.3 is 14.6 Å². The first-order chi connectivity index (χ1) is 17.2. The number of fused-ring (bicyclic) bond motifs is 1. The lowest BCUT2D eigenvalue weighted by atomic mass is 9.86. The number of aromatic nitrogens is 1. The third kappa shape index (κ3) is 4.84. The fraction of sp³-hybridized carbons (Fsp3) is 0.370. The predicted molar refractivity (Wildman–Crippen MR) is 138 cm³/mol. The number of alkyl halides is 2. The maximum Gasteiger partial charge on any atom is 0.306 e. The number of carbonyl (C=O) groups is 3. The van der Waals surface area contributed by atoms with Crippen molar-refractivity contribution in [2.24, 2.45) is 18.9 Å². The van der Waals surface area contributed by atoms with E-state index < -0.39 is 29.5 Å². The molecule has 1 aliphatic rings. The lowest BCUT2D eigenvalue weighted by Gasteiger charge is -2.35. The van der Waals surface area contributed by atoms with Crippen LogP contribution in [0, 0.1) is 18.8 Å². The van der Waals surface area contributed by atoms with Gasteiger partial charge in [-0.3, -0.25) is 14.4 Å². The molecule has 196 valence electrons. The number of ketones is 1. The minimum atomic E-state index is -3.05. The zero-order chi connectivity index (χ0) is 27.4. The zero-order valence-electron chi connectivity index (χ0n) is 20.7. The van der Waals surface area contributed by atoms with E-state index in [4.69, 9.17) is 23.2 Å². The molecule has 4 rings (SSSR count). The molecule has 10 heteroatoms. The lowest BCUT2D eigenvalue weighted by Crippen LogP contribution is -2.45. The maximum atomic E-state index is 14.0. The van der Waals surface area contributed by atoms with Crippen LogP contribution in [-0.2, 0) is 17.8 Å². The monoisotopic (exact) mass is 550 g/mol. The number of hydrogen-bond donors (Lipinski definition) is 1. The number of piperidine rings is 1. The Bertz CT molecular complexity index is 1440. The number of rotatable bonds is 5. The third-order valence-corrected chi connectivity index (χ3v) is 7.87. The minimum absolute atomic E-state index is 0.0484. The first-order valence-corrected chi connectivity index (χ1v) is 12.5. The number of hydrogen-bond acceptors (Lipinski definition) is 3. The summed E-state index contributed by atoms with van der Waals surface area (Å²) in [6.07, 6.45) is 0.313. The number of aliphatic carboxylic acids is 1. The topological polar surface area (TPSA) is 79.6 Å². The van der Waals surface area contributed by atoms with Gasteiger partial charge in [0.2, 0.25) is 5.78 Å². The van der Waals surface area contributed by atoms with Gasteiger partial charge in [-0.2, -0.15) is 0 Å². The van der Waals surface area contributed by atoms with Crippen molar-refractivity contribution in [3.8, 4) is 0 Å². The number of aryl methyl sites for hydroxylation is 2. The molecule has 1 N–H and O–H groups in total. The molecule has 1 aromatic heterocycles. The fourth-order valence-electron chi connectivity index (χ4n) is 5.00. The van der Waals surface area contributed by atoms with Crippen LogP contribution in [0.1, 0.15) is 57.8 Å². The van der Waals surface area contributed by atoms with E-state index in [9.17, 15) is 28.3 Å². The summed E-state index contributed by atoms with van der Waals surface area (Å²) in [5, 5.41) is 9.93. The highest BCUT2D eigenvalue weighted by Gasteiger charge is 2.35. The van der Waals surface area contributed by atoms with Crippen LogP contribution >= 0.6 is 23.2 Å². The van der Waals surface area contributed by atoms with E-state index in [1.807, 2.05) is 0 Å². The molecule has 1 aliphatic heterocycles. The molecule has 0 spiro atoms. The Kier molecular flexibility index (Phi) is 7.12. The summed E-state index contributed by atoms with van der Waals surface area (Å²) in [5.74, 6) is -5.70. The number of carbonyl (C=O) groups excluding carboxylic acids is 2. The van der Waals surface area contributed by atoms with Crippen molar-refractivity contribution in [1.82, 2.24) is 9.47 Å². The van der Waals surface area contributed by atoms with Crippen LogP contribution in [0.2, 0.25) is 10.0 Å². The van der Waals surface area contributed by atoms with Gasteiger partial charge in [0.15, 0.2) is 0 Å². The zero-order valence-corrected chi connectivity index (χ0v) is 22.3. The second-order valence-corrected chi connectivity index (χ2v) is 10.6. The molecule has 3 aromatic rings. The van der Waals surface area contributed by atoms with E-state index in [1.165, 1.54) is 33.7 Å². The minimum Gasteiger partial charge on any atom is -0.481 e. The average Bonchev–Trinajstić information content (AvgIpc) is 3.15. The smallest absolute Gasteiger partial charge is 0.306 e. The quantitative estimate of drug-likeness (QED) is 0.377. The molecular weight excluding hydrogens is 525 g/mol. The molecular formula is C27H26Cl2F2N2O4. The van der Waals surface area contributed by atoms with Crippen molar-refractivity contribution in [3.63, 3.8) is 0 Å². The molecule has 0 aliphatic carbocycles. The second kappa shape index (κ2) is 9.72. The van der Waals surface area contributed by atoms with Crippen LogP contribution in [-0.4, -0.2) is 45.3 Å². The van der Waals surface area contributed by atoms with Crippen molar-refractivity contribution < 1.29 is 28.3 Å². The van der Waals surface area contributed by atoms with E-state index in [-0.39, 0.29) is 51.4 Å². The number of likely N-dealkylation sites (tertiary alicyclic amines) is 1. The van der Waals surface area contributed by atoms with Crippen LogP contribution in [0.25, 0.3) is 10.9 Å². The van der Waals surface area contributed by atoms with Crippen LogP contribution < -0.4 is 0 Å². The van der Waals surface area contributed by atoms with Crippen molar-refractivity contribution in [3.05, 3.63) is 68.3 Å². The van der Waals surface area contributed by atoms with E-state index >= 15 is 0 Å². The molecule has 2 atom stereocenters. The average molecular weight is 551 g/mol. The molecule has 6 nitrogen and oxygen atoms in total. The molecule has 0 radical (unpaired) electrons. The molecule has 0 bridgehead atoms. The molecule has 37 heavy (non-hydrogen) atoms. The number of benzene rings is 2. The molecule has 1 saturated heterocycles. The predicted octanol–water partition coefficient (Wildman–Crippen LogP) is 6.32. The summed E-state index contributed by atoms with van der Waals surface area (Å²) in [7, 11) is 1.59. The largest absolute Gasteiger partial charge is 0.481 e. The van der Waals surface area contributed by atoms with Gasteiger partial charge in [-0.15, -0.1) is 0 Å². The summed E-state index contributed by atoms with van der Waals surface area (Å²) < 4.78 is 29.5. The van der Waals surface area contributed by atoms with E-state index in [1.54, 1.807) is 27.0 Å². The van der Waals surface area contributed by atoms with Gasteiger partial charge in [-0.1, -0.05) is 30.1 Å². The summed E-state index contributed by atoms with van der Waals surface area (Å²) >= 11 is 13.0. The van der Waals surface area contributed by atoms with Crippen LogP contribution in [0.3, 0.4) is 0 Å². The number of carboxylic acids is 1. The third-order valence-electron chi connectivity index (χ3n) is 7.17. The highest BCUT2D eigenvalue weighted by molar-refractivity contribution is 6.42. The fourth-order valence-corrected chi connectivity index (χ4v) is 5.62. The lowest BCUT2D eigenvalue weighted by molar-refractivity contribution is -0.145. The van der Waals surface area contributed by atoms with Gasteiger partial charge in [-0.05, 0) is 55.2 Å². The van der Waals surface area contributed by atoms with Crippen LogP contribution in [0.15, 0.2) is 30.3 Å². The second-order valence-electron chi connectivity index (χ2n) is 9.78. The first kappa shape index (κ1) is 27.1. The standard InChI is InChI=1S/C27H26Cl2F2N2O4/c1-13-9-15(27(3,30)31)10-20-18(13)11-21(32(20)4)24(34)22-19(28)6-5-17(23(22)29)25(35)33-8-7-16(26(36)37)14(2)12-33/h5-6,9-11,14,16H,7-8,12H2,1-4H3,(H,36,37)/t14-,16+/m1/s1. The Labute approximate surface area is 222 Å². The highest BCUT2D eigenvalue weighted by atomic mass is 35.5. The molecule has 0 saturated carbocycles. The summed E-state index contributed by atoms with van der Waals surface area (Å²) in [6, 6.07) is 7.21. The summed E-state index contributed by atoms with van der Waals surface area (Å²) in [6.45, 7) is 4.77. The van der Waals surface area contributed by atoms with E-state index in [2.05, 4.69) is 0 Å². The van der Waals surface area contributed by atoms with Gasteiger partial charge in [0.25, 0.3) is 11.8 Å². The summed E-state index contributed by atoms with van der Waals surface area (Å²) in [4.78, 5) is 39.9. The number of halogens is 4. The van der Waals surface area contributed by atoms with Gasteiger partial charge in [0.1, 0.15) is 0 Å². The molecule has 0 unspecified atom stereocenters. The highest BCUT2D eigenvalue weighted by Crippen LogP contribution is 2.36. The molecule has 1 amide bonds. The van der Waals surface area contributed by atoms with Crippen molar-refractivity contribution in [2.45, 2.75) is 33.1 Å². The van der Waals surface area contributed by atoms with Gasteiger partial charge in [-0.25, -0.2) is 8.78 Å². The van der Waals surface area contributed by atoms with E-state index in [0.29, 0.717) is 22.9 Å². The first-order valence-electron chi connectivity index (χ1n) is 11.8. The Morgan fingerprint density at radius 3 is 2.41 bits per heavy atom. The number of nitrogens with zero attached hydrogens (tertiary/aromatic N) is 2. The Morgan fingerprint density at radius 1 is 1.14 bits per heavy atom. The number of carboxylic acid groups (broad SMARTS) is 1. The maximum absolute atomic E-state index is 14.0. The van der Waals surface area contributed by atoms with Gasteiger partial charge >= 0.3 is 5.97 Å². The SMILES string of the molecule is Cc1cc(C(C)(F)F)cc2c1cc(C(=O)c1c(Cl)ccc(C(=O)N3CC[C@H](C(=O)O)[C@H](C)C3)c1Cl)n2C. The molecule has 2 heterocycles. The Balaban J connectivity index is 1.73. The molecule has 1 fully saturated rings. The van der Waals surface area contributed by atoms with E-state index in [0.717, 1.165) is 6.92 Å². The van der Waals surface area contributed by atoms with Crippen molar-refractivity contribution >= 4 is 51.8 Å². The molecule has 2 aromatic carbocycles. The number of amides is 1. The Morgan fingerprint density at radius 2 is 1.81 bits per heavy atom. The van der Waals surface area contributed by atoms with Gasteiger partial charge in [0.05, 0.1) is 32.8 Å².